The van der Waals surface area contributed by atoms with Crippen LogP contribution in [-0.4, -0.2) is 35.2 Å². The number of fused-ring (bicyclic) bond motifs is 5. The van der Waals surface area contributed by atoms with Crippen molar-refractivity contribution in [3.8, 4) is 0 Å². The Balaban J connectivity index is 1.99. The number of hydrogen-bond acceptors (Lipinski definition) is 5. The molecule has 0 bridgehead atoms. The summed E-state index contributed by atoms with van der Waals surface area (Å²) >= 11 is 0. The number of methoxy groups -OCH3 is 1. The van der Waals surface area contributed by atoms with Gasteiger partial charge in [-0.3, -0.25) is 9.59 Å². The van der Waals surface area contributed by atoms with Crippen molar-refractivity contribution in [3.05, 3.63) is 23.5 Å². The van der Waals surface area contributed by atoms with E-state index >= 15 is 0 Å². The lowest BCUT2D eigenvalue weighted by atomic mass is 9.32. The first-order chi connectivity index (χ1) is 14.2. The van der Waals surface area contributed by atoms with Crippen molar-refractivity contribution < 1.29 is 24.5 Å². The normalized spacial score (nSPS) is 48.7. The van der Waals surface area contributed by atoms with Crippen LogP contribution in [0.5, 0.6) is 0 Å². The minimum Gasteiger partial charge on any atom is -0.511 e. The molecule has 0 radical (unpaired) electrons. The van der Waals surface area contributed by atoms with E-state index in [1.165, 1.54) is 7.11 Å². The Bertz CT molecular complexity index is 915. The highest BCUT2D eigenvalue weighted by Crippen LogP contribution is 2.78. The summed E-state index contributed by atoms with van der Waals surface area (Å²) in [5.74, 6) is -0.612. The third kappa shape index (κ3) is 2.13. The molecule has 4 rings (SSSR count). The summed E-state index contributed by atoms with van der Waals surface area (Å²) in [5, 5.41) is 22.0. The van der Waals surface area contributed by atoms with E-state index in [0.29, 0.717) is 19.3 Å². The lowest BCUT2D eigenvalue weighted by molar-refractivity contribution is -0.228. The molecule has 5 nitrogen and oxygen atoms in total. The molecule has 0 saturated heterocycles. The second-order valence-electron chi connectivity index (χ2n) is 11.9. The smallest absolute Gasteiger partial charge is 0.321 e. The third-order valence-electron chi connectivity index (χ3n) is 10.8. The number of carbonyl (C=O) groups excluding carboxylic acids is 2. The maximum absolute atomic E-state index is 13.9. The number of rotatable bonds is 1. The van der Waals surface area contributed by atoms with Crippen molar-refractivity contribution >= 4 is 11.8 Å². The zero-order chi connectivity index (χ0) is 23.4. The second kappa shape index (κ2) is 6.24. The molecule has 0 aromatic rings. The van der Waals surface area contributed by atoms with E-state index in [-0.39, 0.29) is 45.9 Å². The van der Waals surface area contributed by atoms with E-state index in [2.05, 4.69) is 34.3 Å². The zero-order valence-electron chi connectivity index (χ0n) is 20.1. The van der Waals surface area contributed by atoms with Crippen LogP contribution in [0.25, 0.3) is 0 Å². The zero-order valence-corrected chi connectivity index (χ0v) is 20.1. The fourth-order valence-electron chi connectivity index (χ4n) is 9.01. The molecular weight excluding hydrogens is 392 g/mol. The summed E-state index contributed by atoms with van der Waals surface area (Å²) in [4.78, 5) is 27.6. The number of allylic oxidation sites excluding steroid dienone is 2. The second-order valence-corrected chi connectivity index (χ2v) is 11.9. The maximum atomic E-state index is 13.9. The van der Waals surface area contributed by atoms with E-state index in [9.17, 15) is 19.8 Å². The van der Waals surface area contributed by atoms with Crippen molar-refractivity contribution in [2.75, 3.05) is 7.11 Å². The van der Waals surface area contributed by atoms with Gasteiger partial charge in [-0.1, -0.05) is 39.8 Å². The Morgan fingerprint density at radius 2 is 1.71 bits per heavy atom. The van der Waals surface area contributed by atoms with Crippen LogP contribution in [0.4, 0.5) is 0 Å². The van der Waals surface area contributed by atoms with E-state index in [0.717, 1.165) is 18.4 Å². The first-order valence-electron chi connectivity index (χ1n) is 11.6. The van der Waals surface area contributed by atoms with Gasteiger partial charge in [0.15, 0.2) is 11.2 Å². The van der Waals surface area contributed by atoms with Crippen molar-refractivity contribution in [3.63, 3.8) is 0 Å². The quantitative estimate of drug-likeness (QED) is 0.356. The number of esters is 1. The number of aliphatic hydroxyl groups excluding tert-OH is 2. The van der Waals surface area contributed by atoms with Crippen molar-refractivity contribution in [2.24, 2.45) is 38.9 Å². The lowest BCUT2D eigenvalue weighted by Gasteiger charge is -2.70. The molecule has 0 aliphatic heterocycles. The van der Waals surface area contributed by atoms with E-state index in [4.69, 9.17) is 4.74 Å². The number of ether oxygens (including phenoxy) is 1. The van der Waals surface area contributed by atoms with Gasteiger partial charge < -0.3 is 14.9 Å². The summed E-state index contributed by atoms with van der Waals surface area (Å²) in [7, 11) is 1.33. The largest absolute Gasteiger partial charge is 0.511 e. The Morgan fingerprint density at radius 3 is 2.29 bits per heavy atom. The lowest BCUT2D eigenvalue weighted by Crippen LogP contribution is -2.70. The van der Waals surface area contributed by atoms with E-state index < -0.39 is 22.2 Å². The fraction of sp³-hybridized carbons (Fsp3) is 0.769. The topological polar surface area (TPSA) is 83.8 Å². The van der Waals surface area contributed by atoms with Gasteiger partial charge in [-0.25, -0.2) is 0 Å². The molecule has 4 aliphatic carbocycles. The predicted octanol–water partition coefficient (Wildman–Crippen LogP) is 4.75. The summed E-state index contributed by atoms with van der Waals surface area (Å²) in [6.07, 6.45) is 3.33. The number of aliphatic hydroxyl groups is 2. The molecule has 4 aliphatic rings. The molecule has 0 spiro atoms. The van der Waals surface area contributed by atoms with Crippen LogP contribution in [-0.2, 0) is 14.3 Å². The van der Waals surface area contributed by atoms with Crippen LogP contribution in [0.1, 0.15) is 73.6 Å². The molecule has 0 amide bonds. The molecule has 3 saturated carbocycles. The van der Waals surface area contributed by atoms with Crippen molar-refractivity contribution in [1.29, 1.82) is 0 Å². The van der Waals surface area contributed by atoms with Gasteiger partial charge in [0.25, 0.3) is 0 Å². The molecule has 5 heteroatoms. The van der Waals surface area contributed by atoms with Gasteiger partial charge in [0.05, 0.1) is 18.6 Å². The first-order valence-corrected chi connectivity index (χ1v) is 11.6. The summed E-state index contributed by atoms with van der Waals surface area (Å²) in [6, 6.07) is 0. The predicted molar refractivity (Wildman–Crippen MR) is 118 cm³/mol. The minimum absolute atomic E-state index is 0.0212. The van der Waals surface area contributed by atoms with Gasteiger partial charge in [-0.2, -0.15) is 0 Å². The molecule has 7 atom stereocenters. The summed E-state index contributed by atoms with van der Waals surface area (Å²) < 4.78 is 5.34. The van der Waals surface area contributed by atoms with Gasteiger partial charge in [0.2, 0.25) is 0 Å². The number of ketones is 1. The van der Waals surface area contributed by atoms with Crippen LogP contribution >= 0.6 is 0 Å². The molecule has 0 aromatic heterocycles. The van der Waals surface area contributed by atoms with Gasteiger partial charge in [-0.05, 0) is 74.0 Å². The van der Waals surface area contributed by atoms with Gasteiger partial charge in [0, 0.05) is 5.57 Å². The summed E-state index contributed by atoms with van der Waals surface area (Å²) in [6.45, 7) is 16.4. The van der Waals surface area contributed by atoms with Crippen LogP contribution < -0.4 is 0 Å². The third-order valence-corrected chi connectivity index (χ3v) is 10.8. The Morgan fingerprint density at radius 1 is 1.10 bits per heavy atom. The molecule has 3 fully saturated rings. The fourth-order valence-corrected chi connectivity index (χ4v) is 9.01. The highest BCUT2D eigenvalue weighted by Gasteiger charge is 2.81. The molecule has 31 heavy (non-hydrogen) atoms. The number of Topliss-reactive ketones (excluding diaryl/α,β-unsaturated/α-hetero) is 1. The van der Waals surface area contributed by atoms with Crippen molar-refractivity contribution in [2.45, 2.75) is 79.8 Å². The highest BCUT2D eigenvalue weighted by atomic mass is 16.5. The van der Waals surface area contributed by atoms with Crippen molar-refractivity contribution in [1.82, 2.24) is 0 Å². The van der Waals surface area contributed by atoms with E-state index in [1.807, 2.05) is 0 Å². The van der Waals surface area contributed by atoms with Gasteiger partial charge in [-0.15, -0.1) is 0 Å². The number of carbonyl (C=O) groups is 2. The average Bonchev–Trinajstić information content (AvgIpc) is 2.86. The Labute approximate surface area is 185 Å². The molecule has 2 N–H and O–H groups in total. The van der Waals surface area contributed by atoms with Gasteiger partial charge >= 0.3 is 5.97 Å². The highest BCUT2D eigenvalue weighted by molar-refractivity contribution is 6.17. The van der Waals surface area contributed by atoms with Gasteiger partial charge in [0.1, 0.15) is 5.76 Å². The van der Waals surface area contributed by atoms with Crippen LogP contribution in [0.3, 0.4) is 0 Å². The molecular formula is C26H38O5. The van der Waals surface area contributed by atoms with Crippen LogP contribution in [0, 0.1) is 38.9 Å². The molecule has 0 aromatic carbocycles. The Hall–Kier alpha value is -1.62. The SMILES string of the molecule is C=C1C[C@H]2[C@]3(C)CC[C@@H](O)C(C)(C)[C@H]3CC[C@]2(C)[C@]2(C(=O)OC)C(=O)C(C)=C(O)[C@]12C. The Kier molecular flexibility index (Phi) is 4.54. The summed E-state index contributed by atoms with van der Waals surface area (Å²) in [5.41, 5.74) is -2.80. The van der Waals surface area contributed by atoms with Crippen LogP contribution in [0.15, 0.2) is 23.5 Å². The minimum atomic E-state index is -1.52. The molecule has 0 unspecified atom stereocenters. The first kappa shape index (κ1) is 22.6. The monoisotopic (exact) mass is 430 g/mol. The average molecular weight is 431 g/mol. The molecule has 0 heterocycles. The standard InChI is InChI=1S/C26H38O5/c1-14-13-17-23(5)11-10-18(27)22(3,4)16(23)9-12-24(17,6)26(21(30)31-8)20(29)15(2)19(28)25(14,26)7/h16-18,27-28H,1,9-13H2,2-8H3/t16-,17+,18-,23-,24+,25+,26-/m1/s1. The van der Waals surface area contributed by atoms with E-state index in [1.54, 1.807) is 13.8 Å². The van der Waals surface area contributed by atoms with Crippen LogP contribution in [0.2, 0.25) is 0 Å². The maximum Gasteiger partial charge on any atom is 0.321 e. The number of hydrogen-bond donors (Lipinski definition) is 2. The molecule has 172 valence electrons.